The maximum atomic E-state index is 12.5. The number of carbonyl (C=O) groups excluding carboxylic acids is 2. The lowest BCUT2D eigenvalue weighted by Crippen LogP contribution is -2.24. The van der Waals surface area contributed by atoms with Crippen LogP contribution in [-0.4, -0.2) is 48.3 Å². The van der Waals surface area contributed by atoms with E-state index in [0.717, 1.165) is 20.3 Å². The van der Waals surface area contributed by atoms with Gasteiger partial charge in [-0.15, -0.1) is 31.7 Å². The van der Waals surface area contributed by atoms with Gasteiger partial charge >= 0.3 is 0 Å². The molecule has 0 saturated heterocycles. The summed E-state index contributed by atoms with van der Waals surface area (Å²) in [6.07, 6.45) is 0. The highest BCUT2D eigenvalue weighted by molar-refractivity contribution is 9.10. The highest BCUT2D eigenvalue weighted by Crippen LogP contribution is 2.26. The van der Waals surface area contributed by atoms with Crippen LogP contribution in [0.4, 0.5) is 5.13 Å². The molecule has 2 N–H and O–H groups in total. The average molecular weight is 597 g/mol. The second-order valence-electron chi connectivity index (χ2n) is 6.51. The number of rotatable bonds is 10. The fraction of sp³-hybridized carbons (Fsp3) is 0.200. The Morgan fingerprint density at radius 1 is 1.09 bits per heavy atom. The second-order valence-corrected chi connectivity index (χ2v) is 11.8. The number of aromatic nitrogens is 5. The largest absolute Gasteiger partial charge is 0.344 e. The Balaban J connectivity index is 1.46. The number of hydrogen-bond acceptors (Lipinski definition) is 10. The molecule has 34 heavy (non-hydrogen) atoms. The summed E-state index contributed by atoms with van der Waals surface area (Å²) in [6, 6.07) is 11.2. The Bertz CT molecular complexity index is 1260. The monoisotopic (exact) mass is 595 g/mol. The number of hydrogen-bond donors (Lipinski definition) is 2. The summed E-state index contributed by atoms with van der Waals surface area (Å²) in [6.45, 7) is 2.22. The second kappa shape index (κ2) is 11.9. The van der Waals surface area contributed by atoms with E-state index in [2.05, 4.69) is 47.0 Å². The molecular formula is C20H18BrN7O2S4. The van der Waals surface area contributed by atoms with Crippen LogP contribution in [0.25, 0.3) is 5.69 Å². The van der Waals surface area contributed by atoms with Crippen molar-refractivity contribution in [2.75, 3.05) is 16.8 Å². The van der Waals surface area contributed by atoms with Gasteiger partial charge in [-0.25, -0.2) is 0 Å². The van der Waals surface area contributed by atoms with Gasteiger partial charge in [-0.2, -0.15) is 0 Å². The third-order valence-corrected chi connectivity index (χ3v) is 8.37. The van der Waals surface area contributed by atoms with Crippen LogP contribution in [0.3, 0.4) is 0 Å². The van der Waals surface area contributed by atoms with E-state index in [1.807, 2.05) is 47.2 Å². The Labute approximate surface area is 220 Å². The van der Waals surface area contributed by atoms with E-state index >= 15 is 0 Å². The fourth-order valence-corrected chi connectivity index (χ4v) is 6.08. The molecular weight excluding hydrogens is 578 g/mol. The van der Waals surface area contributed by atoms with Crippen molar-refractivity contribution in [1.82, 2.24) is 30.3 Å². The van der Waals surface area contributed by atoms with Crippen molar-refractivity contribution < 1.29 is 9.59 Å². The molecule has 3 heterocycles. The number of thioether (sulfide) groups is 2. The van der Waals surface area contributed by atoms with Gasteiger partial charge in [0.05, 0.1) is 17.2 Å². The molecule has 9 nitrogen and oxygen atoms in total. The normalized spacial score (nSPS) is 10.9. The summed E-state index contributed by atoms with van der Waals surface area (Å²) in [5.41, 5.74) is 0.821. The quantitative estimate of drug-likeness (QED) is 0.200. The Kier molecular flexibility index (Phi) is 8.72. The topological polar surface area (TPSA) is 115 Å². The van der Waals surface area contributed by atoms with Gasteiger partial charge in [-0.3, -0.25) is 19.5 Å². The van der Waals surface area contributed by atoms with Crippen LogP contribution in [0.15, 0.2) is 55.7 Å². The van der Waals surface area contributed by atoms with Gasteiger partial charge in [-0.05, 0) is 41.5 Å². The molecule has 14 heteroatoms. The highest BCUT2D eigenvalue weighted by Gasteiger charge is 2.18. The molecule has 0 aliphatic carbocycles. The summed E-state index contributed by atoms with van der Waals surface area (Å²) >= 11 is 8.98. The lowest BCUT2D eigenvalue weighted by molar-refractivity contribution is -0.113. The zero-order valence-corrected chi connectivity index (χ0v) is 22.6. The molecule has 3 aromatic heterocycles. The van der Waals surface area contributed by atoms with Crippen molar-refractivity contribution in [3.05, 3.63) is 57.0 Å². The first-order valence-corrected chi connectivity index (χ1v) is 14.4. The Morgan fingerprint density at radius 3 is 2.65 bits per heavy atom. The fourth-order valence-electron chi connectivity index (χ4n) is 2.74. The van der Waals surface area contributed by atoms with E-state index in [0.29, 0.717) is 21.0 Å². The van der Waals surface area contributed by atoms with E-state index in [1.54, 1.807) is 17.8 Å². The smallest absolute Gasteiger partial charge is 0.261 e. The number of nitrogens with one attached hydrogen (secondary N) is 2. The first-order chi connectivity index (χ1) is 16.5. The summed E-state index contributed by atoms with van der Waals surface area (Å²) in [5, 5.41) is 25.1. The summed E-state index contributed by atoms with van der Waals surface area (Å²) in [5.74, 6) is 1.17. The zero-order chi connectivity index (χ0) is 23.9. The standard InChI is InChI=1S/C20H18BrN7O2S4/c1-2-31-20-27-25-18(34-20)23-16(29)11-33-19-26-24-15(10-22-17(30)14-4-3-9-32-14)28(19)13-7-5-12(21)6-8-13/h3-9H,2,10-11H2,1H3,(H,22,30)(H,23,25,29). The number of thiophene rings is 1. The molecule has 4 aromatic rings. The molecule has 0 fully saturated rings. The molecule has 0 aliphatic heterocycles. The summed E-state index contributed by atoms with van der Waals surface area (Å²) < 4.78 is 3.58. The maximum Gasteiger partial charge on any atom is 0.261 e. The van der Waals surface area contributed by atoms with Gasteiger partial charge in [0.1, 0.15) is 0 Å². The number of anilines is 1. The zero-order valence-electron chi connectivity index (χ0n) is 17.7. The van der Waals surface area contributed by atoms with Crippen LogP contribution in [0, 0.1) is 0 Å². The van der Waals surface area contributed by atoms with E-state index in [9.17, 15) is 9.59 Å². The van der Waals surface area contributed by atoms with E-state index in [-0.39, 0.29) is 24.1 Å². The minimum absolute atomic E-state index is 0.117. The minimum atomic E-state index is -0.216. The van der Waals surface area contributed by atoms with Crippen molar-refractivity contribution in [1.29, 1.82) is 0 Å². The van der Waals surface area contributed by atoms with E-state index in [4.69, 9.17) is 0 Å². The Morgan fingerprint density at radius 2 is 1.91 bits per heavy atom. The van der Waals surface area contributed by atoms with Gasteiger partial charge in [0.15, 0.2) is 15.3 Å². The van der Waals surface area contributed by atoms with Crippen LogP contribution < -0.4 is 10.6 Å². The predicted molar refractivity (Wildman–Crippen MR) is 140 cm³/mol. The number of amides is 2. The molecule has 2 amide bonds. The molecule has 1 aromatic carbocycles. The average Bonchev–Trinajstić information content (AvgIpc) is 3.59. The van der Waals surface area contributed by atoms with Crippen LogP contribution in [0.5, 0.6) is 0 Å². The molecule has 0 unspecified atom stereocenters. The van der Waals surface area contributed by atoms with Crippen molar-refractivity contribution in [3.8, 4) is 5.69 Å². The van der Waals surface area contributed by atoms with Crippen LogP contribution >= 0.6 is 62.1 Å². The summed E-state index contributed by atoms with van der Waals surface area (Å²) in [7, 11) is 0. The molecule has 0 aliphatic rings. The number of nitrogens with zero attached hydrogens (tertiary/aromatic N) is 5. The number of benzene rings is 1. The lowest BCUT2D eigenvalue weighted by Gasteiger charge is -2.11. The molecule has 0 bridgehead atoms. The van der Waals surface area contributed by atoms with Gasteiger partial charge in [0.25, 0.3) is 5.91 Å². The third kappa shape index (κ3) is 6.44. The molecule has 0 radical (unpaired) electrons. The molecule has 0 saturated carbocycles. The van der Waals surface area contributed by atoms with E-state index in [1.165, 1.54) is 34.4 Å². The highest BCUT2D eigenvalue weighted by atomic mass is 79.9. The lowest BCUT2D eigenvalue weighted by atomic mass is 10.3. The molecule has 0 atom stereocenters. The number of carbonyl (C=O) groups is 2. The molecule has 0 spiro atoms. The first-order valence-electron chi connectivity index (χ1n) is 9.94. The molecule has 176 valence electrons. The first kappa shape index (κ1) is 24.9. The number of halogens is 1. The predicted octanol–water partition coefficient (Wildman–Crippen LogP) is 4.72. The summed E-state index contributed by atoms with van der Waals surface area (Å²) in [4.78, 5) is 25.5. The van der Waals surface area contributed by atoms with Gasteiger partial charge in [-0.1, -0.05) is 63.8 Å². The Hall–Kier alpha value is -2.26. The van der Waals surface area contributed by atoms with Crippen molar-refractivity contribution in [3.63, 3.8) is 0 Å². The van der Waals surface area contributed by atoms with Gasteiger partial charge < -0.3 is 5.32 Å². The SMILES string of the molecule is CCSc1nnc(NC(=O)CSc2nnc(CNC(=O)c3cccs3)n2-c2ccc(Br)cc2)s1. The van der Waals surface area contributed by atoms with Crippen molar-refractivity contribution in [2.45, 2.75) is 23.0 Å². The van der Waals surface area contributed by atoms with Crippen molar-refractivity contribution in [2.24, 2.45) is 0 Å². The van der Waals surface area contributed by atoms with E-state index < -0.39 is 0 Å². The van der Waals surface area contributed by atoms with Gasteiger partial charge in [0, 0.05) is 10.2 Å². The maximum absolute atomic E-state index is 12.5. The van der Waals surface area contributed by atoms with Crippen molar-refractivity contribution >= 4 is 79.1 Å². The van der Waals surface area contributed by atoms with Crippen LogP contribution in [-0.2, 0) is 11.3 Å². The third-order valence-electron chi connectivity index (χ3n) is 4.19. The van der Waals surface area contributed by atoms with Crippen LogP contribution in [0.1, 0.15) is 22.4 Å². The van der Waals surface area contributed by atoms with Crippen LogP contribution in [0.2, 0.25) is 0 Å². The molecule has 4 rings (SSSR count). The minimum Gasteiger partial charge on any atom is -0.344 e. The van der Waals surface area contributed by atoms with Gasteiger partial charge in [0.2, 0.25) is 11.0 Å².